The number of hydrogen-bond acceptors (Lipinski definition) is 5. The fourth-order valence-corrected chi connectivity index (χ4v) is 4.21. The summed E-state index contributed by atoms with van der Waals surface area (Å²) >= 11 is 0. The lowest BCUT2D eigenvalue weighted by molar-refractivity contribution is -0.145. The molecule has 0 aromatic heterocycles. The fraction of sp³-hybridized carbons (Fsp3) is 0.474. The van der Waals surface area contributed by atoms with E-state index in [9.17, 15) is 9.59 Å². The van der Waals surface area contributed by atoms with Crippen LogP contribution in [0.15, 0.2) is 29.5 Å². The Morgan fingerprint density at radius 1 is 0.833 bits per heavy atom. The quantitative estimate of drug-likeness (QED) is 0.849. The molecule has 2 aliphatic rings. The van der Waals surface area contributed by atoms with E-state index in [2.05, 4.69) is 0 Å². The summed E-state index contributed by atoms with van der Waals surface area (Å²) in [5.41, 5.74) is 1.43. The van der Waals surface area contributed by atoms with Crippen molar-refractivity contribution in [3.8, 4) is 11.5 Å². The lowest BCUT2D eigenvalue weighted by Crippen LogP contribution is -2.55. The fourth-order valence-electron chi connectivity index (χ4n) is 4.21. The summed E-state index contributed by atoms with van der Waals surface area (Å²) < 4.78 is 15.8. The van der Waals surface area contributed by atoms with Crippen LogP contribution in [0.2, 0.25) is 0 Å². The maximum absolute atomic E-state index is 12.8. The molecule has 3 rings (SSSR count). The Morgan fingerprint density at radius 3 is 2.08 bits per heavy atom. The van der Waals surface area contributed by atoms with Gasteiger partial charge in [0.1, 0.15) is 0 Å². The van der Waals surface area contributed by atoms with Crippen LogP contribution in [0.4, 0.5) is 0 Å². The third-order valence-electron chi connectivity index (χ3n) is 5.44. The summed E-state index contributed by atoms with van der Waals surface area (Å²) in [5.74, 6) is 0.914. The van der Waals surface area contributed by atoms with Gasteiger partial charge in [0.2, 0.25) is 5.78 Å². The highest BCUT2D eigenvalue weighted by Crippen LogP contribution is 2.57. The van der Waals surface area contributed by atoms with Crippen molar-refractivity contribution in [3.63, 3.8) is 0 Å². The van der Waals surface area contributed by atoms with Gasteiger partial charge in [0.05, 0.1) is 21.3 Å². The number of allylic oxidation sites excluding steroid dienone is 2. The molecule has 0 aliphatic heterocycles. The zero-order chi connectivity index (χ0) is 17.6. The van der Waals surface area contributed by atoms with Gasteiger partial charge in [-0.1, -0.05) is 13.0 Å². The Kier molecular flexibility index (Phi) is 4.11. The number of rotatable bonds is 4. The molecule has 128 valence electrons. The summed E-state index contributed by atoms with van der Waals surface area (Å²) in [7, 11) is 4.62. The molecular formula is C19H22O5. The van der Waals surface area contributed by atoms with Gasteiger partial charge in [0, 0.05) is 17.4 Å². The number of benzene rings is 1. The van der Waals surface area contributed by atoms with Gasteiger partial charge in [-0.25, -0.2) is 0 Å². The summed E-state index contributed by atoms with van der Waals surface area (Å²) in [6, 6.07) is 5.69. The zero-order valence-electron chi connectivity index (χ0n) is 14.6. The minimum Gasteiger partial charge on any atom is -0.493 e. The van der Waals surface area contributed by atoms with Crippen LogP contribution >= 0.6 is 0 Å². The highest BCUT2D eigenvalue weighted by Gasteiger charge is 2.59. The molecule has 0 heterocycles. The molecule has 1 saturated carbocycles. The molecular weight excluding hydrogens is 308 g/mol. The van der Waals surface area contributed by atoms with E-state index < -0.39 is 0 Å². The van der Waals surface area contributed by atoms with Crippen LogP contribution in [0.3, 0.4) is 0 Å². The molecule has 0 spiro atoms. The molecule has 0 N–H and O–H groups in total. The van der Waals surface area contributed by atoms with Gasteiger partial charge >= 0.3 is 0 Å². The van der Waals surface area contributed by atoms with E-state index >= 15 is 0 Å². The van der Waals surface area contributed by atoms with Gasteiger partial charge in [-0.3, -0.25) is 9.59 Å². The number of carbonyl (C=O) groups excluding carboxylic acids is 2. The Hall–Kier alpha value is -2.30. The van der Waals surface area contributed by atoms with Crippen molar-refractivity contribution < 1.29 is 23.8 Å². The number of methoxy groups -OCH3 is 3. The molecule has 24 heavy (non-hydrogen) atoms. The Bertz CT molecular complexity index is 733. The summed E-state index contributed by atoms with van der Waals surface area (Å²) in [4.78, 5) is 25.4. The second-order valence-corrected chi connectivity index (χ2v) is 6.44. The molecule has 5 heteroatoms. The van der Waals surface area contributed by atoms with Crippen molar-refractivity contribution in [2.75, 3.05) is 21.3 Å². The maximum atomic E-state index is 12.8. The normalized spacial score (nSPS) is 29.0. The molecule has 1 fully saturated rings. The highest BCUT2D eigenvalue weighted by atomic mass is 16.5. The van der Waals surface area contributed by atoms with E-state index in [1.807, 2.05) is 25.1 Å². The van der Waals surface area contributed by atoms with Gasteiger partial charge in [0.15, 0.2) is 23.0 Å². The molecule has 1 aromatic carbocycles. The second kappa shape index (κ2) is 5.96. The first-order valence-corrected chi connectivity index (χ1v) is 8.01. The number of ketones is 2. The van der Waals surface area contributed by atoms with Crippen LogP contribution in [0.1, 0.15) is 25.3 Å². The predicted molar refractivity (Wildman–Crippen MR) is 88.2 cm³/mol. The van der Waals surface area contributed by atoms with Crippen LogP contribution in [0, 0.1) is 17.8 Å². The maximum Gasteiger partial charge on any atom is 0.201 e. The Labute approximate surface area is 141 Å². The third-order valence-corrected chi connectivity index (χ3v) is 5.44. The molecule has 5 nitrogen and oxygen atoms in total. The van der Waals surface area contributed by atoms with E-state index in [0.717, 1.165) is 5.56 Å². The molecule has 4 atom stereocenters. The lowest BCUT2D eigenvalue weighted by Gasteiger charge is -2.51. The minimum atomic E-state index is -0.315. The average molecular weight is 330 g/mol. The van der Waals surface area contributed by atoms with Crippen molar-refractivity contribution in [1.82, 2.24) is 0 Å². The standard InChI is InChI=1S/C19H22O5/c1-9-14(11-6-7-12(22-3)13(8-11)23-4)16-15(9)18(21)19(24-5)10(2)17(16)20/h6-9,14-16H,1-5H3/t9-,14+,15-,16+/m1/s1. The van der Waals surface area contributed by atoms with E-state index in [-0.39, 0.29) is 41.0 Å². The minimum absolute atomic E-state index is 0.000359. The first kappa shape index (κ1) is 16.6. The molecule has 2 aliphatic carbocycles. The third kappa shape index (κ3) is 2.14. The van der Waals surface area contributed by atoms with E-state index in [0.29, 0.717) is 17.1 Å². The van der Waals surface area contributed by atoms with Gasteiger partial charge in [0.25, 0.3) is 0 Å². The van der Waals surface area contributed by atoms with Crippen LogP contribution in [0.5, 0.6) is 11.5 Å². The number of Topliss-reactive ketones (excluding diaryl/α,β-unsaturated/α-hetero) is 2. The summed E-state index contributed by atoms with van der Waals surface area (Å²) in [6.45, 7) is 3.69. The smallest absolute Gasteiger partial charge is 0.201 e. The van der Waals surface area contributed by atoms with Crippen molar-refractivity contribution in [2.24, 2.45) is 17.8 Å². The molecule has 0 radical (unpaired) electrons. The average Bonchev–Trinajstić information content (AvgIpc) is 2.58. The molecule has 0 amide bonds. The topological polar surface area (TPSA) is 61.8 Å². The lowest BCUT2D eigenvalue weighted by atomic mass is 9.50. The number of fused-ring (bicyclic) bond motifs is 1. The SMILES string of the molecule is COC1=C(C)C(=O)[C@@H]2[C@H](C1=O)[C@H](C)[C@H]2c1ccc(OC)c(OC)c1. The van der Waals surface area contributed by atoms with E-state index in [1.165, 1.54) is 7.11 Å². The molecule has 0 unspecified atom stereocenters. The van der Waals surface area contributed by atoms with E-state index in [1.54, 1.807) is 21.1 Å². The molecule has 0 bridgehead atoms. The van der Waals surface area contributed by atoms with Crippen molar-refractivity contribution in [2.45, 2.75) is 19.8 Å². The number of hydrogen-bond donors (Lipinski definition) is 0. The van der Waals surface area contributed by atoms with Crippen molar-refractivity contribution in [1.29, 1.82) is 0 Å². The van der Waals surface area contributed by atoms with Gasteiger partial charge in [-0.15, -0.1) is 0 Å². The number of ether oxygens (including phenoxy) is 3. The van der Waals surface area contributed by atoms with Crippen molar-refractivity contribution in [3.05, 3.63) is 35.1 Å². The molecule has 1 aromatic rings. The highest BCUT2D eigenvalue weighted by molar-refractivity contribution is 6.14. The predicted octanol–water partition coefficient (Wildman–Crippen LogP) is 2.74. The first-order valence-electron chi connectivity index (χ1n) is 8.01. The van der Waals surface area contributed by atoms with Crippen LogP contribution in [-0.2, 0) is 14.3 Å². The van der Waals surface area contributed by atoms with E-state index in [4.69, 9.17) is 14.2 Å². The largest absolute Gasteiger partial charge is 0.493 e. The van der Waals surface area contributed by atoms with Crippen LogP contribution in [0.25, 0.3) is 0 Å². The van der Waals surface area contributed by atoms with Gasteiger partial charge < -0.3 is 14.2 Å². The summed E-state index contributed by atoms with van der Waals surface area (Å²) in [6.07, 6.45) is 0. The Balaban J connectivity index is 2.00. The zero-order valence-corrected chi connectivity index (χ0v) is 14.6. The van der Waals surface area contributed by atoms with Crippen molar-refractivity contribution >= 4 is 11.6 Å². The second-order valence-electron chi connectivity index (χ2n) is 6.44. The van der Waals surface area contributed by atoms with Gasteiger partial charge in [-0.2, -0.15) is 0 Å². The Morgan fingerprint density at radius 2 is 1.50 bits per heavy atom. The van der Waals surface area contributed by atoms with Crippen LogP contribution in [-0.4, -0.2) is 32.9 Å². The number of carbonyl (C=O) groups is 2. The molecule has 0 saturated heterocycles. The monoisotopic (exact) mass is 330 g/mol. The first-order chi connectivity index (χ1) is 11.5. The van der Waals surface area contributed by atoms with Crippen LogP contribution < -0.4 is 9.47 Å². The van der Waals surface area contributed by atoms with Gasteiger partial charge in [-0.05, 0) is 36.5 Å². The summed E-state index contributed by atoms with van der Waals surface area (Å²) in [5, 5.41) is 0.